The summed E-state index contributed by atoms with van der Waals surface area (Å²) in [6, 6.07) is 0. The standard InChI is InChI=1S/C6H4Br2N2/c7-3-1-2-4(8)6(10)5(3)9/h3-4,9-10H. The van der Waals surface area contributed by atoms with Crippen molar-refractivity contribution < 1.29 is 0 Å². The molecule has 4 heteroatoms. The maximum Gasteiger partial charge on any atom is 0.119 e. The summed E-state index contributed by atoms with van der Waals surface area (Å²) >= 11 is 6.32. The molecular formula is C6H4Br2N2. The zero-order valence-electron chi connectivity index (χ0n) is 4.91. The molecule has 0 heterocycles. The second-order valence-corrected chi connectivity index (χ2v) is 3.67. The van der Waals surface area contributed by atoms with Crippen LogP contribution in [0.2, 0.25) is 0 Å². The average Bonchev–Trinajstić information content (AvgIpc) is 1.93. The molecule has 0 aromatic heterocycles. The van der Waals surface area contributed by atoms with Crippen molar-refractivity contribution in [2.24, 2.45) is 0 Å². The van der Waals surface area contributed by atoms with Gasteiger partial charge in [-0.2, -0.15) is 0 Å². The highest BCUT2D eigenvalue weighted by Crippen LogP contribution is 2.12. The van der Waals surface area contributed by atoms with Gasteiger partial charge in [0.2, 0.25) is 0 Å². The molecule has 0 spiro atoms. The Labute approximate surface area is 75.7 Å². The van der Waals surface area contributed by atoms with Crippen molar-refractivity contribution in [1.29, 1.82) is 10.8 Å². The smallest absolute Gasteiger partial charge is 0.119 e. The van der Waals surface area contributed by atoms with Crippen LogP contribution < -0.4 is 0 Å². The zero-order valence-corrected chi connectivity index (χ0v) is 8.08. The van der Waals surface area contributed by atoms with Gasteiger partial charge in [0.1, 0.15) is 9.65 Å². The van der Waals surface area contributed by atoms with Gasteiger partial charge < -0.3 is 10.8 Å². The second kappa shape index (κ2) is 2.85. The molecule has 1 aliphatic carbocycles. The van der Waals surface area contributed by atoms with Crippen LogP contribution in [-0.4, -0.2) is 21.1 Å². The predicted molar refractivity (Wildman–Crippen MR) is 48.7 cm³/mol. The summed E-state index contributed by atoms with van der Waals surface area (Å²) in [6.45, 7) is 0. The zero-order chi connectivity index (χ0) is 7.72. The topological polar surface area (TPSA) is 47.7 Å². The molecule has 2 atom stereocenters. The SMILES string of the molecule is N=C1C(=N)C(Br)C#CC1Br. The number of hydrogen-bond acceptors (Lipinski definition) is 2. The van der Waals surface area contributed by atoms with Gasteiger partial charge in [-0.3, -0.25) is 0 Å². The molecule has 0 fully saturated rings. The highest BCUT2D eigenvalue weighted by atomic mass is 79.9. The van der Waals surface area contributed by atoms with Gasteiger partial charge in [-0.15, -0.1) is 0 Å². The monoisotopic (exact) mass is 262 g/mol. The molecule has 1 rings (SSSR count). The summed E-state index contributed by atoms with van der Waals surface area (Å²) in [6.07, 6.45) is 0. The minimum atomic E-state index is -0.256. The highest BCUT2D eigenvalue weighted by molar-refractivity contribution is 9.10. The molecule has 0 saturated carbocycles. The van der Waals surface area contributed by atoms with E-state index in [9.17, 15) is 0 Å². The lowest BCUT2D eigenvalue weighted by Gasteiger charge is -2.12. The Morgan fingerprint density at radius 2 is 1.30 bits per heavy atom. The van der Waals surface area contributed by atoms with E-state index in [0.29, 0.717) is 0 Å². The largest absolute Gasteiger partial charge is 0.301 e. The minimum absolute atomic E-state index is 0.251. The second-order valence-electron chi connectivity index (χ2n) is 1.84. The van der Waals surface area contributed by atoms with E-state index in [-0.39, 0.29) is 21.1 Å². The first kappa shape index (κ1) is 7.96. The first-order valence-corrected chi connectivity index (χ1v) is 4.42. The fraction of sp³-hybridized carbons (Fsp3) is 0.333. The van der Waals surface area contributed by atoms with Crippen LogP contribution in [0.4, 0.5) is 0 Å². The number of halogens is 2. The van der Waals surface area contributed by atoms with E-state index in [1.807, 2.05) is 0 Å². The summed E-state index contributed by atoms with van der Waals surface area (Å²) in [5.41, 5.74) is 0.501. The van der Waals surface area contributed by atoms with Crippen LogP contribution in [0.3, 0.4) is 0 Å². The third-order valence-electron chi connectivity index (χ3n) is 1.13. The van der Waals surface area contributed by atoms with Crippen molar-refractivity contribution in [3.63, 3.8) is 0 Å². The Hall–Kier alpha value is -0.140. The number of rotatable bonds is 0. The van der Waals surface area contributed by atoms with Gasteiger partial charge in [0, 0.05) is 0 Å². The van der Waals surface area contributed by atoms with E-state index < -0.39 is 0 Å². The molecule has 0 aliphatic heterocycles. The highest BCUT2D eigenvalue weighted by Gasteiger charge is 2.22. The summed E-state index contributed by atoms with van der Waals surface area (Å²) in [5, 5.41) is 14.7. The van der Waals surface area contributed by atoms with Gasteiger partial charge in [0.05, 0.1) is 11.4 Å². The van der Waals surface area contributed by atoms with Crippen molar-refractivity contribution in [1.82, 2.24) is 0 Å². The Morgan fingerprint density at radius 3 is 1.60 bits per heavy atom. The maximum atomic E-state index is 7.33. The lowest BCUT2D eigenvalue weighted by molar-refractivity contribution is 1.36. The van der Waals surface area contributed by atoms with Gasteiger partial charge in [-0.1, -0.05) is 43.7 Å². The Kier molecular flexibility index (Phi) is 2.27. The normalized spacial score (nSPS) is 31.4. The van der Waals surface area contributed by atoms with Crippen molar-refractivity contribution in [3.8, 4) is 11.8 Å². The van der Waals surface area contributed by atoms with E-state index in [2.05, 4.69) is 43.7 Å². The molecular weight excluding hydrogens is 260 g/mol. The molecule has 0 bridgehead atoms. The van der Waals surface area contributed by atoms with Crippen molar-refractivity contribution in [2.45, 2.75) is 9.65 Å². The summed E-state index contributed by atoms with van der Waals surface area (Å²) < 4.78 is 0. The number of alkyl halides is 2. The van der Waals surface area contributed by atoms with Gasteiger partial charge in [-0.25, -0.2) is 0 Å². The van der Waals surface area contributed by atoms with Crippen molar-refractivity contribution >= 4 is 43.3 Å². The fourth-order valence-corrected chi connectivity index (χ4v) is 1.32. The number of hydrogen-bond donors (Lipinski definition) is 2. The Morgan fingerprint density at radius 1 is 1.00 bits per heavy atom. The molecule has 0 saturated heterocycles. The van der Waals surface area contributed by atoms with Crippen LogP contribution in [0, 0.1) is 22.7 Å². The summed E-state index contributed by atoms with van der Waals surface area (Å²) in [4.78, 5) is -0.511. The summed E-state index contributed by atoms with van der Waals surface area (Å²) in [5.74, 6) is 5.53. The first-order valence-electron chi connectivity index (χ1n) is 2.59. The van der Waals surface area contributed by atoms with E-state index >= 15 is 0 Å². The Balaban J connectivity index is 2.97. The van der Waals surface area contributed by atoms with Crippen LogP contribution in [0.25, 0.3) is 0 Å². The number of nitrogens with one attached hydrogen (secondary N) is 2. The summed E-state index contributed by atoms with van der Waals surface area (Å²) in [7, 11) is 0. The van der Waals surface area contributed by atoms with Gasteiger partial charge >= 0.3 is 0 Å². The van der Waals surface area contributed by atoms with E-state index in [1.54, 1.807) is 0 Å². The van der Waals surface area contributed by atoms with Crippen molar-refractivity contribution in [3.05, 3.63) is 0 Å². The van der Waals surface area contributed by atoms with Crippen LogP contribution >= 0.6 is 31.9 Å². The molecule has 0 aromatic rings. The quantitative estimate of drug-likeness (QED) is 0.493. The predicted octanol–water partition coefficient (Wildman–Crippen LogP) is 1.57. The van der Waals surface area contributed by atoms with E-state index in [4.69, 9.17) is 10.8 Å². The molecule has 1 aliphatic rings. The van der Waals surface area contributed by atoms with Crippen LogP contribution in [0.5, 0.6) is 0 Å². The van der Waals surface area contributed by atoms with Crippen LogP contribution in [0.1, 0.15) is 0 Å². The first-order chi connectivity index (χ1) is 4.63. The van der Waals surface area contributed by atoms with E-state index in [1.165, 1.54) is 0 Å². The minimum Gasteiger partial charge on any atom is -0.301 e. The molecule has 2 nitrogen and oxygen atoms in total. The lowest BCUT2D eigenvalue weighted by Crippen LogP contribution is -2.31. The maximum absolute atomic E-state index is 7.33. The molecule has 0 radical (unpaired) electrons. The molecule has 2 unspecified atom stereocenters. The molecule has 0 aromatic carbocycles. The molecule has 0 amide bonds. The Bertz CT molecular complexity index is 224. The van der Waals surface area contributed by atoms with Crippen LogP contribution in [-0.2, 0) is 0 Å². The third-order valence-corrected chi connectivity index (χ3v) is 2.51. The lowest BCUT2D eigenvalue weighted by atomic mass is 10.1. The van der Waals surface area contributed by atoms with Gasteiger partial charge in [-0.05, 0) is 0 Å². The van der Waals surface area contributed by atoms with Gasteiger partial charge in [0.15, 0.2) is 0 Å². The van der Waals surface area contributed by atoms with Crippen LogP contribution in [0.15, 0.2) is 0 Å². The fourth-order valence-electron chi connectivity index (χ4n) is 0.564. The third kappa shape index (κ3) is 1.30. The van der Waals surface area contributed by atoms with Gasteiger partial charge in [0.25, 0.3) is 0 Å². The average molecular weight is 264 g/mol. The van der Waals surface area contributed by atoms with Crippen molar-refractivity contribution in [2.75, 3.05) is 0 Å². The molecule has 2 N–H and O–H groups in total. The van der Waals surface area contributed by atoms with E-state index in [0.717, 1.165) is 0 Å². The molecule has 10 heavy (non-hydrogen) atoms. The molecule has 52 valence electrons.